The third kappa shape index (κ3) is 33.6. The van der Waals surface area contributed by atoms with Gasteiger partial charge in [-0.2, -0.15) is 0 Å². The van der Waals surface area contributed by atoms with Crippen LogP contribution in [0.15, 0.2) is 12.2 Å². The van der Waals surface area contributed by atoms with E-state index in [-0.39, 0.29) is 6.42 Å². The Bertz CT molecular complexity index is 3260. The zero-order valence-corrected chi connectivity index (χ0v) is 75.1. The standard InChI is InChI=1S/C86H152N4O40/c1-5-7-9-11-13-15-17-19-20-21-22-24-26-28-30-32-34-36-59(105)89-49(50(100)35-33-31-29-27-25-23-18-16-14-12-10-8-6-2)46-119-80-69(112)68(111)72(57(43-95)122-80)124-82-71(114)78(130-86(84(117)118)37-51(101)61(87-47(3)98)75(127-86)64(107)53(103)39-91)73(58(44-96)123-82)125-79-63(88-48(4)99)74(66(109)55(41-93)120-79)126-81-70(113)77(67(110)56(42-94)121-81)129-85(83(115)116)38-52(102)62(90-60(106)45-97)76(128-85)65(108)54(104)40-92/h33,35,49-58,61-82,91-97,100-104,107-114H,5-32,34,36-46H2,1-4H3,(H,87,98)(H,88,99)(H,89,105)(H,90,106)(H,115,116)(H,117,118)/b35-33+/t49-,50+,51?,52?,53+,54+,55?,56?,57?,58?,61+,62+,63?,64+,65+,66-,67-,68+,69?,70?,71?,72+,73-,74+,75?,76?,77-,78+,79-,80+,81-,82-,85-,86-/m0/s1. The van der Waals surface area contributed by atoms with Gasteiger partial charge < -0.3 is 190 Å². The number of rotatable bonds is 62. The minimum atomic E-state index is -3.51. The number of allylic oxidation sites excluding steroid dienone is 1. The number of hydrogen-bond acceptors (Lipinski definition) is 38. The molecule has 12 unspecified atom stereocenters. The summed E-state index contributed by atoms with van der Waals surface area (Å²) in [7, 11) is 0. The zero-order chi connectivity index (χ0) is 96.0. The van der Waals surface area contributed by atoms with Crippen molar-refractivity contribution < 1.29 is 198 Å². The molecule has 0 aromatic rings. The van der Waals surface area contributed by atoms with Crippen molar-refractivity contribution in [2.45, 2.75) is 441 Å². The number of carbonyl (C=O) groups excluding carboxylic acids is 4. The number of carboxylic acid groups (broad SMARTS) is 2. The summed E-state index contributed by atoms with van der Waals surface area (Å²) in [6, 6.07) is -7.13. The molecule has 0 aliphatic carbocycles. The van der Waals surface area contributed by atoms with Gasteiger partial charge in [0.1, 0.15) is 141 Å². The Balaban J connectivity index is 1.29. The van der Waals surface area contributed by atoms with Gasteiger partial charge in [-0.05, 0) is 19.3 Å². The number of unbranched alkanes of at least 4 members (excludes halogenated alkanes) is 27. The molecule has 44 heteroatoms. The summed E-state index contributed by atoms with van der Waals surface area (Å²) >= 11 is 0. The van der Waals surface area contributed by atoms with Gasteiger partial charge in [-0.15, -0.1) is 0 Å². The van der Waals surface area contributed by atoms with Crippen molar-refractivity contribution in [2.24, 2.45) is 0 Å². The topological polar surface area (TPSA) is 706 Å². The number of hydrogen-bond donors (Lipinski definition) is 26. The van der Waals surface area contributed by atoms with Crippen molar-refractivity contribution in [3.8, 4) is 0 Å². The van der Waals surface area contributed by atoms with Crippen LogP contribution in [-0.2, 0) is 85.6 Å². The van der Waals surface area contributed by atoms with Crippen LogP contribution in [0.4, 0.5) is 0 Å². The molecule has 6 saturated heterocycles. The van der Waals surface area contributed by atoms with Gasteiger partial charge in [0.15, 0.2) is 25.2 Å². The molecule has 0 bridgehead atoms. The van der Waals surface area contributed by atoms with Crippen molar-refractivity contribution in [1.29, 1.82) is 0 Å². The van der Waals surface area contributed by atoms with Crippen molar-refractivity contribution in [2.75, 3.05) is 52.9 Å². The number of aliphatic hydroxyl groups is 20. The number of aliphatic hydroxyl groups excluding tert-OH is 20. The SMILES string of the molecule is CCCCCCCCCCCCC/C=C/[C@@H](O)[C@H](CO[C@@H]1OC(CO)[C@@H](O[C@@H]2OC(CO)[C@H](O[C@@H]3OC(CO)[C@H](O)[C@H](O[C@@H]4OC(CO)[C@H](O)[C@H](O[C@]5(C(=O)O)CC(O)[C@@H](NC(=O)CO)C([C@H](O)[C@H](O)CO)O5)C4O)C3NC(C)=O)[C@H](O[C@]3(C(=O)O)CC(O)[C@@H](NC(C)=O)C([C@H](O)[C@H](O)CO)O3)C2O)[C@H](O)C1O)NC(=O)CCCCCCCCCCCCCCCCCCC. The summed E-state index contributed by atoms with van der Waals surface area (Å²) in [5.41, 5.74) is 0. The first-order chi connectivity index (χ1) is 62.1. The average molecular weight is 1880 g/mol. The third-order valence-electron chi connectivity index (χ3n) is 24.7. The fraction of sp³-hybridized carbons (Fsp3) is 0.907. The average Bonchev–Trinajstić information content (AvgIpc) is 0.756. The molecule has 0 aromatic heterocycles. The number of nitrogens with one attached hydrogen (secondary N) is 4. The Morgan fingerprint density at radius 3 is 1.22 bits per heavy atom. The summed E-state index contributed by atoms with van der Waals surface area (Å²) in [6.07, 6.45) is -30.4. The number of aliphatic carboxylic acids is 2. The van der Waals surface area contributed by atoms with Crippen LogP contribution >= 0.6 is 0 Å². The van der Waals surface area contributed by atoms with Crippen LogP contribution in [0.1, 0.15) is 233 Å². The predicted octanol–water partition coefficient (Wildman–Crippen LogP) is -4.12. The number of ether oxygens (including phenoxy) is 12. The van der Waals surface area contributed by atoms with Gasteiger partial charge in [-0.1, -0.05) is 193 Å². The molecule has 6 fully saturated rings. The minimum absolute atomic E-state index is 0.0917. The minimum Gasteiger partial charge on any atom is -0.477 e. The molecule has 0 spiro atoms. The number of carboxylic acids is 2. The Hall–Kier alpha value is -4.72. The van der Waals surface area contributed by atoms with Crippen molar-refractivity contribution in [3.05, 3.63) is 12.2 Å². The van der Waals surface area contributed by atoms with E-state index in [4.69, 9.17) is 56.8 Å². The quantitative estimate of drug-likeness (QED) is 0.0203. The fourth-order valence-electron chi connectivity index (χ4n) is 17.3. The molecule has 756 valence electrons. The third-order valence-corrected chi connectivity index (χ3v) is 24.7. The Morgan fingerprint density at radius 1 is 0.408 bits per heavy atom. The first-order valence-corrected chi connectivity index (χ1v) is 46.4. The highest BCUT2D eigenvalue weighted by molar-refractivity contribution is 5.79. The van der Waals surface area contributed by atoms with Crippen LogP contribution in [0.25, 0.3) is 0 Å². The molecule has 34 atom stereocenters. The van der Waals surface area contributed by atoms with E-state index in [1.165, 1.54) is 115 Å². The van der Waals surface area contributed by atoms with E-state index in [0.717, 1.165) is 78.1 Å². The first kappa shape index (κ1) is 114. The van der Waals surface area contributed by atoms with Crippen LogP contribution in [0.3, 0.4) is 0 Å². The van der Waals surface area contributed by atoms with E-state index in [1.54, 1.807) is 6.08 Å². The monoisotopic (exact) mass is 1880 g/mol. The first-order valence-electron chi connectivity index (χ1n) is 46.4. The zero-order valence-electron chi connectivity index (χ0n) is 75.1. The molecule has 6 aliphatic heterocycles. The van der Waals surface area contributed by atoms with Gasteiger partial charge in [0, 0.05) is 33.1 Å². The Morgan fingerprint density at radius 2 is 0.785 bits per heavy atom. The molecule has 0 aromatic carbocycles. The molecule has 0 radical (unpaired) electrons. The van der Waals surface area contributed by atoms with E-state index < -0.39 is 309 Å². The molecule has 44 nitrogen and oxygen atoms in total. The van der Waals surface area contributed by atoms with Crippen LogP contribution in [0.5, 0.6) is 0 Å². The number of carbonyl (C=O) groups is 6. The Labute approximate surface area is 757 Å². The lowest BCUT2D eigenvalue weighted by atomic mass is 9.88. The van der Waals surface area contributed by atoms with Crippen molar-refractivity contribution in [1.82, 2.24) is 21.3 Å². The largest absolute Gasteiger partial charge is 0.477 e. The van der Waals surface area contributed by atoms with Crippen LogP contribution < -0.4 is 21.3 Å². The van der Waals surface area contributed by atoms with E-state index in [1.807, 2.05) is 0 Å². The number of amides is 4. The summed E-state index contributed by atoms with van der Waals surface area (Å²) in [6.45, 7) is -3.16. The van der Waals surface area contributed by atoms with Gasteiger partial charge in [-0.25, -0.2) is 9.59 Å². The van der Waals surface area contributed by atoms with Gasteiger partial charge in [-0.3, -0.25) is 19.2 Å². The highest BCUT2D eigenvalue weighted by Gasteiger charge is 2.64. The molecule has 6 aliphatic rings. The lowest BCUT2D eigenvalue weighted by Gasteiger charge is -2.53. The maximum atomic E-state index is 14.1. The second-order valence-corrected chi connectivity index (χ2v) is 35.0. The summed E-state index contributed by atoms with van der Waals surface area (Å²) in [4.78, 5) is 79.8. The maximum absolute atomic E-state index is 14.1. The maximum Gasteiger partial charge on any atom is 0.364 e. The molecule has 0 saturated carbocycles. The smallest absolute Gasteiger partial charge is 0.364 e. The second-order valence-electron chi connectivity index (χ2n) is 35.0. The van der Waals surface area contributed by atoms with E-state index >= 15 is 0 Å². The lowest BCUT2D eigenvalue weighted by molar-refractivity contribution is -0.405. The molecule has 6 heterocycles. The van der Waals surface area contributed by atoms with E-state index in [0.29, 0.717) is 12.8 Å². The molecule has 6 rings (SSSR count). The molecule has 26 N–H and O–H groups in total. The van der Waals surface area contributed by atoms with Crippen LogP contribution in [0.2, 0.25) is 0 Å². The van der Waals surface area contributed by atoms with Gasteiger partial charge in [0.05, 0.1) is 82.7 Å². The lowest BCUT2D eigenvalue weighted by Crippen LogP contribution is -2.72. The fourth-order valence-corrected chi connectivity index (χ4v) is 17.3. The normalized spacial score (nSPS) is 34.6. The van der Waals surface area contributed by atoms with Crippen molar-refractivity contribution in [3.63, 3.8) is 0 Å². The summed E-state index contributed by atoms with van der Waals surface area (Å²) in [5.74, 6) is -15.0. The second kappa shape index (κ2) is 58.8. The predicted molar refractivity (Wildman–Crippen MR) is 450 cm³/mol. The molecule has 130 heavy (non-hydrogen) atoms. The highest BCUT2D eigenvalue weighted by Crippen LogP contribution is 2.43. The van der Waals surface area contributed by atoms with Crippen LogP contribution in [0, 0.1) is 0 Å². The molecule has 4 amide bonds. The van der Waals surface area contributed by atoms with Gasteiger partial charge in [0.25, 0.3) is 11.6 Å². The van der Waals surface area contributed by atoms with Crippen molar-refractivity contribution >= 4 is 35.6 Å². The van der Waals surface area contributed by atoms with E-state index in [9.17, 15) is 141 Å². The Kier molecular flexibility index (Phi) is 51.5. The van der Waals surface area contributed by atoms with Crippen LogP contribution in [-0.4, -0.2) is 408 Å². The van der Waals surface area contributed by atoms with Gasteiger partial charge >= 0.3 is 11.9 Å². The highest BCUT2D eigenvalue weighted by atomic mass is 16.8. The summed E-state index contributed by atoms with van der Waals surface area (Å²) in [5, 5.41) is 257. The molecular formula is C86H152N4O40. The molecular weight excluding hydrogens is 1730 g/mol. The summed E-state index contributed by atoms with van der Waals surface area (Å²) < 4.78 is 72.3. The van der Waals surface area contributed by atoms with Gasteiger partial charge in [0.2, 0.25) is 23.6 Å². The van der Waals surface area contributed by atoms with E-state index in [2.05, 4.69) is 35.1 Å².